The quantitative estimate of drug-likeness (QED) is 0.588. The van der Waals surface area contributed by atoms with Gasteiger partial charge in [-0.1, -0.05) is 0 Å². The van der Waals surface area contributed by atoms with E-state index in [1.54, 1.807) is 23.7 Å². The Bertz CT molecular complexity index is 1140. The zero-order valence-electron chi connectivity index (χ0n) is 18.1. The Hall–Kier alpha value is -2.87. The van der Waals surface area contributed by atoms with Gasteiger partial charge < -0.3 is 4.74 Å². The van der Waals surface area contributed by atoms with Crippen molar-refractivity contribution < 1.29 is 9.53 Å². The van der Waals surface area contributed by atoms with E-state index in [0.29, 0.717) is 5.82 Å². The summed E-state index contributed by atoms with van der Waals surface area (Å²) >= 11 is 1.69. The topological polar surface area (TPSA) is 82.3 Å². The number of rotatable bonds is 3. The van der Waals surface area contributed by atoms with Crippen molar-refractivity contribution in [3.63, 3.8) is 0 Å². The van der Waals surface area contributed by atoms with Gasteiger partial charge in [-0.05, 0) is 59.2 Å². The molecule has 0 saturated carbocycles. The molecular weight excluding hydrogens is 398 g/mol. The van der Waals surface area contributed by atoms with Gasteiger partial charge in [-0.15, -0.1) is 21.5 Å². The van der Waals surface area contributed by atoms with Gasteiger partial charge in [0.05, 0.1) is 12.1 Å². The Morgan fingerprint density at radius 3 is 2.67 bits per heavy atom. The summed E-state index contributed by atoms with van der Waals surface area (Å²) in [5, 5.41) is 9.72. The van der Waals surface area contributed by atoms with Gasteiger partial charge >= 0.3 is 5.97 Å². The predicted octanol–water partition coefficient (Wildman–Crippen LogP) is 4.27. The maximum atomic E-state index is 12.7. The van der Waals surface area contributed by atoms with Crippen LogP contribution in [-0.4, -0.2) is 37.0 Å². The Morgan fingerprint density at radius 1 is 1.23 bits per heavy atom. The van der Waals surface area contributed by atoms with Crippen molar-refractivity contribution in [2.45, 2.75) is 59.6 Å². The summed E-state index contributed by atoms with van der Waals surface area (Å²) in [5.74, 6) is 1.11. The lowest BCUT2D eigenvalue weighted by molar-refractivity contribution is -0.155. The first-order chi connectivity index (χ1) is 14.2. The maximum Gasteiger partial charge on any atom is 0.308 e. The van der Waals surface area contributed by atoms with Crippen LogP contribution >= 0.6 is 11.3 Å². The number of pyridine rings is 1. The highest BCUT2D eigenvalue weighted by Gasteiger charge is 2.33. The number of esters is 1. The first-order valence-corrected chi connectivity index (χ1v) is 10.7. The molecule has 1 unspecified atom stereocenters. The molecule has 4 heterocycles. The van der Waals surface area contributed by atoms with Crippen LogP contribution in [-0.2, 0) is 9.53 Å². The number of carbonyl (C=O) groups is 1. The number of hydrogen-bond donors (Lipinski definition) is 0. The molecule has 0 spiro atoms. The third-order valence-corrected chi connectivity index (χ3v) is 6.15. The highest BCUT2D eigenvalue weighted by molar-refractivity contribution is 7.15. The van der Waals surface area contributed by atoms with Gasteiger partial charge in [0.25, 0.3) is 0 Å². The number of aryl methyl sites for hydroxylation is 2. The van der Waals surface area contributed by atoms with Gasteiger partial charge in [0.15, 0.2) is 5.82 Å². The van der Waals surface area contributed by atoms with Crippen molar-refractivity contribution in [2.75, 3.05) is 0 Å². The minimum Gasteiger partial charge on any atom is -0.460 e. The van der Waals surface area contributed by atoms with Crippen LogP contribution in [0.3, 0.4) is 0 Å². The number of thiophene rings is 1. The Kier molecular flexibility index (Phi) is 5.05. The van der Waals surface area contributed by atoms with Crippen molar-refractivity contribution in [2.24, 2.45) is 4.99 Å². The number of nitrogens with zero attached hydrogens (tertiary/aromatic N) is 5. The van der Waals surface area contributed by atoms with E-state index in [4.69, 9.17) is 9.73 Å². The predicted molar refractivity (Wildman–Crippen MR) is 117 cm³/mol. The maximum absolute atomic E-state index is 12.7. The third-order valence-electron chi connectivity index (χ3n) is 4.95. The van der Waals surface area contributed by atoms with Gasteiger partial charge in [-0.25, -0.2) is 0 Å². The van der Waals surface area contributed by atoms with Crippen molar-refractivity contribution in [1.82, 2.24) is 19.7 Å². The molecule has 0 bridgehead atoms. The van der Waals surface area contributed by atoms with E-state index in [1.165, 1.54) is 4.88 Å². The zero-order chi connectivity index (χ0) is 21.6. The molecule has 4 rings (SSSR count). The van der Waals surface area contributed by atoms with E-state index in [2.05, 4.69) is 29.0 Å². The molecule has 156 valence electrons. The molecule has 0 aromatic carbocycles. The lowest BCUT2D eigenvalue weighted by atomic mass is 10.0. The molecule has 8 heteroatoms. The van der Waals surface area contributed by atoms with Crippen LogP contribution in [0.1, 0.15) is 66.5 Å². The summed E-state index contributed by atoms with van der Waals surface area (Å²) in [6, 6.07) is 3.38. The molecule has 3 aromatic rings. The molecule has 0 radical (unpaired) electrons. The molecular formula is C22H25N5O2S. The second-order valence-electron chi connectivity index (χ2n) is 8.43. The first kappa shape index (κ1) is 20.4. The van der Waals surface area contributed by atoms with Crippen molar-refractivity contribution in [3.8, 4) is 5.00 Å². The Labute approximate surface area is 179 Å². The van der Waals surface area contributed by atoms with Gasteiger partial charge in [-0.2, -0.15) is 0 Å². The number of aromatic nitrogens is 4. The highest BCUT2D eigenvalue weighted by atomic mass is 32.1. The molecule has 1 atom stereocenters. The highest BCUT2D eigenvalue weighted by Crippen LogP contribution is 2.39. The van der Waals surface area contributed by atoms with Crippen LogP contribution in [0, 0.1) is 20.8 Å². The van der Waals surface area contributed by atoms with Crippen molar-refractivity contribution >= 4 is 23.0 Å². The van der Waals surface area contributed by atoms with Gasteiger partial charge in [0.2, 0.25) is 0 Å². The number of fused-ring (bicyclic) bond motifs is 3. The SMILES string of the molecule is Cc1sc2c(c1C)C(c1cccnc1)=NC(CC(=O)OC(C)(C)C)c1nnc(C)n1-2. The van der Waals surface area contributed by atoms with Crippen LogP contribution in [0.15, 0.2) is 29.5 Å². The minimum absolute atomic E-state index is 0.0894. The monoisotopic (exact) mass is 423 g/mol. The fraction of sp³-hybridized carbons (Fsp3) is 0.409. The van der Waals surface area contributed by atoms with E-state index in [-0.39, 0.29) is 12.4 Å². The smallest absolute Gasteiger partial charge is 0.308 e. The van der Waals surface area contributed by atoms with Gasteiger partial charge in [-0.3, -0.25) is 19.3 Å². The summed E-state index contributed by atoms with van der Waals surface area (Å²) in [6.45, 7) is 11.7. The third kappa shape index (κ3) is 3.67. The Morgan fingerprint density at radius 2 is 2.00 bits per heavy atom. The largest absolute Gasteiger partial charge is 0.460 e. The summed E-state index contributed by atoms with van der Waals surface area (Å²) in [7, 11) is 0. The van der Waals surface area contributed by atoms with Crippen LogP contribution in [0.25, 0.3) is 5.00 Å². The standard InChI is InChI=1S/C22H25N5O2S/c1-12-13(2)30-21-18(12)19(15-8-7-9-23-11-15)24-16(10-17(28)29-22(4,5)6)20-26-25-14(3)27(20)21/h7-9,11,16H,10H2,1-6H3. The molecule has 0 amide bonds. The van der Waals surface area contributed by atoms with Crippen molar-refractivity contribution in [1.29, 1.82) is 0 Å². The fourth-order valence-corrected chi connectivity index (χ4v) is 4.78. The number of ether oxygens (including phenoxy) is 1. The first-order valence-electron chi connectivity index (χ1n) is 9.88. The normalized spacial score (nSPS) is 15.8. The number of carbonyl (C=O) groups excluding carboxylic acids is 1. The zero-order valence-corrected chi connectivity index (χ0v) is 18.9. The minimum atomic E-state index is -0.562. The van der Waals surface area contributed by atoms with Gasteiger partial charge in [0, 0.05) is 28.4 Å². The van der Waals surface area contributed by atoms with Gasteiger partial charge in [0.1, 0.15) is 22.5 Å². The van der Waals surface area contributed by atoms with E-state index in [0.717, 1.165) is 33.2 Å². The molecule has 0 aliphatic carbocycles. The van der Waals surface area contributed by atoms with Crippen molar-refractivity contribution in [3.05, 3.63) is 57.7 Å². The Balaban J connectivity index is 1.91. The fourth-order valence-electron chi connectivity index (χ4n) is 3.57. The van der Waals surface area contributed by atoms with Crippen LogP contribution < -0.4 is 0 Å². The van der Waals surface area contributed by atoms with Crippen LogP contribution in [0.5, 0.6) is 0 Å². The van der Waals surface area contributed by atoms with E-state index < -0.39 is 11.6 Å². The molecule has 3 aromatic heterocycles. The lowest BCUT2D eigenvalue weighted by Crippen LogP contribution is -2.25. The summed E-state index contributed by atoms with van der Waals surface area (Å²) in [5.41, 5.74) is 3.37. The van der Waals surface area contributed by atoms with E-state index >= 15 is 0 Å². The second kappa shape index (κ2) is 7.43. The number of aliphatic imine (C=N–C) groups is 1. The molecule has 0 fully saturated rings. The molecule has 7 nitrogen and oxygen atoms in total. The second-order valence-corrected chi connectivity index (χ2v) is 9.63. The molecule has 0 N–H and O–H groups in total. The summed E-state index contributed by atoms with van der Waals surface area (Å²) in [4.78, 5) is 23.2. The van der Waals surface area contributed by atoms with Crippen LogP contribution in [0.4, 0.5) is 0 Å². The average molecular weight is 424 g/mol. The summed E-state index contributed by atoms with van der Waals surface area (Å²) < 4.78 is 7.60. The lowest BCUT2D eigenvalue weighted by Gasteiger charge is -2.21. The van der Waals surface area contributed by atoms with E-state index in [9.17, 15) is 4.79 Å². The van der Waals surface area contributed by atoms with E-state index in [1.807, 2.05) is 44.4 Å². The van der Waals surface area contributed by atoms with Crippen LogP contribution in [0.2, 0.25) is 0 Å². The molecule has 1 aliphatic rings. The molecule has 30 heavy (non-hydrogen) atoms. The molecule has 0 saturated heterocycles. The molecule has 1 aliphatic heterocycles. The average Bonchev–Trinajstić information content (AvgIpc) is 3.13. The summed E-state index contributed by atoms with van der Waals surface area (Å²) in [6.07, 6.45) is 3.63. The number of hydrogen-bond acceptors (Lipinski definition) is 7.